The van der Waals surface area contributed by atoms with Gasteiger partial charge in [0.15, 0.2) is 0 Å². The Hall–Kier alpha value is -0.970. The first-order chi connectivity index (χ1) is 9.15. The molecule has 2 heterocycles. The number of halogens is 1. The van der Waals surface area contributed by atoms with E-state index in [0.717, 1.165) is 28.8 Å². The number of aromatic nitrogens is 1. The fourth-order valence-electron chi connectivity index (χ4n) is 1.52. The SMILES string of the molecule is CC(C)NCc1ccc(CSc2ncccc2Cl)o1. The van der Waals surface area contributed by atoms with Gasteiger partial charge >= 0.3 is 0 Å². The van der Waals surface area contributed by atoms with Crippen LogP contribution in [0.4, 0.5) is 0 Å². The second-order valence-electron chi connectivity index (χ2n) is 4.48. The maximum atomic E-state index is 6.06. The molecule has 0 aliphatic carbocycles. The Bertz CT molecular complexity index is 528. The van der Waals surface area contributed by atoms with E-state index in [0.29, 0.717) is 11.1 Å². The van der Waals surface area contributed by atoms with Crippen LogP contribution in [0.5, 0.6) is 0 Å². The number of pyridine rings is 1. The smallest absolute Gasteiger partial charge is 0.118 e. The molecule has 0 aliphatic rings. The molecule has 0 radical (unpaired) electrons. The molecule has 0 atom stereocenters. The van der Waals surface area contributed by atoms with E-state index in [-0.39, 0.29) is 0 Å². The third-order valence-corrected chi connectivity index (χ3v) is 3.92. The summed E-state index contributed by atoms with van der Waals surface area (Å²) < 4.78 is 5.74. The molecule has 2 aromatic rings. The number of nitrogens with one attached hydrogen (secondary N) is 1. The third kappa shape index (κ3) is 4.56. The van der Waals surface area contributed by atoms with Crippen LogP contribution in [0.2, 0.25) is 5.02 Å². The van der Waals surface area contributed by atoms with Crippen molar-refractivity contribution in [2.75, 3.05) is 0 Å². The Morgan fingerprint density at radius 1 is 1.32 bits per heavy atom. The van der Waals surface area contributed by atoms with Crippen molar-refractivity contribution in [2.24, 2.45) is 0 Å². The number of nitrogens with zero attached hydrogens (tertiary/aromatic N) is 1. The van der Waals surface area contributed by atoms with Gasteiger partial charge in [0.2, 0.25) is 0 Å². The molecule has 0 saturated carbocycles. The Kier molecular flexibility index (Phi) is 5.31. The van der Waals surface area contributed by atoms with E-state index in [2.05, 4.69) is 24.1 Å². The van der Waals surface area contributed by atoms with Crippen molar-refractivity contribution in [3.05, 3.63) is 47.0 Å². The quantitative estimate of drug-likeness (QED) is 0.814. The summed E-state index contributed by atoms with van der Waals surface area (Å²) in [5, 5.41) is 4.84. The Balaban J connectivity index is 1.88. The second kappa shape index (κ2) is 6.98. The molecule has 0 spiro atoms. The molecule has 2 aromatic heterocycles. The van der Waals surface area contributed by atoms with Crippen LogP contribution in [0.1, 0.15) is 25.4 Å². The first-order valence-electron chi connectivity index (χ1n) is 6.19. The normalized spacial score (nSPS) is 11.2. The van der Waals surface area contributed by atoms with Gasteiger partial charge in [-0.2, -0.15) is 0 Å². The highest BCUT2D eigenvalue weighted by Crippen LogP contribution is 2.27. The molecule has 0 amide bonds. The van der Waals surface area contributed by atoms with Gasteiger partial charge in [-0.3, -0.25) is 0 Å². The summed E-state index contributed by atoms with van der Waals surface area (Å²) in [4.78, 5) is 4.24. The Labute approximate surface area is 122 Å². The molecule has 0 saturated heterocycles. The molecule has 0 bridgehead atoms. The molecule has 0 fully saturated rings. The molecule has 0 unspecified atom stereocenters. The fraction of sp³-hybridized carbons (Fsp3) is 0.357. The third-order valence-electron chi connectivity index (χ3n) is 2.48. The van der Waals surface area contributed by atoms with Gasteiger partial charge in [0, 0.05) is 12.2 Å². The van der Waals surface area contributed by atoms with E-state index >= 15 is 0 Å². The van der Waals surface area contributed by atoms with Crippen LogP contribution >= 0.6 is 23.4 Å². The van der Waals surface area contributed by atoms with Crippen molar-refractivity contribution in [1.82, 2.24) is 10.3 Å². The van der Waals surface area contributed by atoms with Gasteiger partial charge in [0.1, 0.15) is 16.5 Å². The average molecular weight is 297 g/mol. The zero-order valence-corrected chi connectivity index (χ0v) is 12.6. The van der Waals surface area contributed by atoms with Crippen molar-refractivity contribution in [1.29, 1.82) is 0 Å². The second-order valence-corrected chi connectivity index (χ2v) is 5.85. The molecule has 102 valence electrons. The highest BCUT2D eigenvalue weighted by atomic mass is 35.5. The first-order valence-corrected chi connectivity index (χ1v) is 7.56. The predicted octanol–water partition coefficient (Wildman–Crippen LogP) is 4.12. The highest BCUT2D eigenvalue weighted by molar-refractivity contribution is 7.98. The van der Waals surface area contributed by atoms with Gasteiger partial charge in [-0.15, -0.1) is 0 Å². The lowest BCUT2D eigenvalue weighted by Crippen LogP contribution is -2.21. The molecule has 0 aliphatic heterocycles. The zero-order valence-electron chi connectivity index (χ0n) is 11.0. The maximum absolute atomic E-state index is 6.06. The molecule has 1 N–H and O–H groups in total. The molecule has 19 heavy (non-hydrogen) atoms. The summed E-state index contributed by atoms with van der Waals surface area (Å²) in [7, 11) is 0. The molecule has 5 heteroatoms. The minimum atomic E-state index is 0.454. The van der Waals surface area contributed by atoms with Crippen LogP contribution < -0.4 is 5.32 Å². The van der Waals surface area contributed by atoms with Crippen LogP contribution in [0.15, 0.2) is 39.9 Å². The summed E-state index contributed by atoms with van der Waals surface area (Å²) in [5.41, 5.74) is 0. The monoisotopic (exact) mass is 296 g/mol. The van der Waals surface area contributed by atoms with Crippen LogP contribution in [0, 0.1) is 0 Å². The van der Waals surface area contributed by atoms with E-state index in [1.165, 1.54) is 0 Å². The number of furan rings is 1. The molecule has 0 aromatic carbocycles. The van der Waals surface area contributed by atoms with Gasteiger partial charge in [0.05, 0.1) is 17.3 Å². The lowest BCUT2D eigenvalue weighted by atomic mass is 10.3. The number of thioether (sulfide) groups is 1. The van der Waals surface area contributed by atoms with Gasteiger partial charge < -0.3 is 9.73 Å². The lowest BCUT2D eigenvalue weighted by Gasteiger charge is -2.05. The van der Waals surface area contributed by atoms with Crippen molar-refractivity contribution < 1.29 is 4.42 Å². The zero-order chi connectivity index (χ0) is 13.7. The van der Waals surface area contributed by atoms with E-state index in [1.807, 2.05) is 24.3 Å². The van der Waals surface area contributed by atoms with E-state index in [1.54, 1.807) is 18.0 Å². The molecular formula is C14H17ClN2OS. The average Bonchev–Trinajstić information content (AvgIpc) is 2.83. The summed E-state index contributed by atoms with van der Waals surface area (Å²) in [6.07, 6.45) is 1.74. The van der Waals surface area contributed by atoms with Crippen LogP contribution in [0.25, 0.3) is 0 Å². The van der Waals surface area contributed by atoms with Gasteiger partial charge in [-0.05, 0) is 24.3 Å². The molecular weight excluding hydrogens is 280 g/mol. The van der Waals surface area contributed by atoms with Crippen molar-refractivity contribution in [3.8, 4) is 0 Å². The maximum Gasteiger partial charge on any atom is 0.118 e. The van der Waals surface area contributed by atoms with Crippen LogP contribution in [-0.2, 0) is 12.3 Å². The highest BCUT2D eigenvalue weighted by Gasteiger charge is 2.06. The van der Waals surface area contributed by atoms with Crippen molar-refractivity contribution in [2.45, 2.75) is 37.2 Å². The van der Waals surface area contributed by atoms with E-state index in [4.69, 9.17) is 16.0 Å². The fourth-order valence-corrected chi connectivity index (χ4v) is 2.58. The predicted molar refractivity (Wildman–Crippen MR) is 79.5 cm³/mol. The molecule has 2 rings (SSSR count). The van der Waals surface area contributed by atoms with E-state index < -0.39 is 0 Å². The minimum absolute atomic E-state index is 0.454. The van der Waals surface area contributed by atoms with Crippen LogP contribution in [-0.4, -0.2) is 11.0 Å². The summed E-state index contributed by atoms with van der Waals surface area (Å²) in [6, 6.07) is 8.13. The first kappa shape index (κ1) is 14.4. The number of rotatable bonds is 6. The van der Waals surface area contributed by atoms with Gasteiger partial charge in [0.25, 0.3) is 0 Å². The lowest BCUT2D eigenvalue weighted by molar-refractivity contribution is 0.445. The summed E-state index contributed by atoms with van der Waals surface area (Å²) >= 11 is 7.64. The number of hydrogen-bond donors (Lipinski definition) is 1. The Morgan fingerprint density at radius 2 is 2.11 bits per heavy atom. The van der Waals surface area contributed by atoms with Crippen molar-refractivity contribution >= 4 is 23.4 Å². The topological polar surface area (TPSA) is 38.1 Å². The Morgan fingerprint density at radius 3 is 2.84 bits per heavy atom. The van der Waals surface area contributed by atoms with Gasteiger partial charge in [-0.1, -0.05) is 37.2 Å². The largest absolute Gasteiger partial charge is 0.464 e. The van der Waals surface area contributed by atoms with E-state index in [9.17, 15) is 0 Å². The van der Waals surface area contributed by atoms with Crippen molar-refractivity contribution in [3.63, 3.8) is 0 Å². The van der Waals surface area contributed by atoms with Gasteiger partial charge in [-0.25, -0.2) is 4.98 Å². The summed E-state index contributed by atoms with van der Waals surface area (Å²) in [6.45, 7) is 4.98. The standard InChI is InChI=1S/C14H17ClN2OS/c1-10(2)17-8-11-5-6-12(18-11)9-19-14-13(15)4-3-7-16-14/h3-7,10,17H,8-9H2,1-2H3. The van der Waals surface area contributed by atoms with Crippen LogP contribution in [0.3, 0.4) is 0 Å². The molecule has 3 nitrogen and oxygen atoms in total. The summed E-state index contributed by atoms with van der Waals surface area (Å²) in [5.74, 6) is 2.63. The minimum Gasteiger partial charge on any atom is -0.464 e. The number of hydrogen-bond acceptors (Lipinski definition) is 4.